The van der Waals surface area contributed by atoms with Crippen molar-refractivity contribution in [1.29, 1.82) is 5.26 Å². The number of carbonyl (C=O) groups excluding carboxylic acids is 2. The number of anilines is 1. The molecule has 24 heavy (non-hydrogen) atoms. The van der Waals surface area contributed by atoms with Gasteiger partial charge in [-0.05, 0) is 24.6 Å². The molecule has 1 heterocycles. The lowest BCUT2D eigenvalue weighted by Gasteiger charge is -2.26. The number of hydrogen-bond donors (Lipinski definition) is 1. The molecule has 128 valence electrons. The average molecular weight is 349 g/mol. The van der Waals surface area contributed by atoms with Gasteiger partial charge in [-0.25, -0.2) is 8.42 Å². The van der Waals surface area contributed by atoms with Crippen LogP contribution in [0.3, 0.4) is 0 Å². The summed E-state index contributed by atoms with van der Waals surface area (Å²) < 4.78 is 23.1. The van der Waals surface area contributed by atoms with E-state index >= 15 is 0 Å². The summed E-state index contributed by atoms with van der Waals surface area (Å²) in [6.07, 6.45) is 0.473. The summed E-state index contributed by atoms with van der Waals surface area (Å²) in [5, 5.41) is 11.5. The van der Waals surface area contributed by atoms with Gasteiger partial charge in [0.2, 0.25) is 11.8 Å². The zero-order valence-corrected chi connectivity index (χ0v) is 14.2. The van der Waals surface area contributed by atoms with Gasteiger partial charge in [-0.15, -0.1) is 0 Å². The number of nitriles is 1. The fourth-order valence-corrected chi connectivity index (χ4v) is 4.46. The highest BCUT2D eigenvalue weighted by Crippen LogP contribution is 2.18. The SMILES string of the molecule is CC(=O)N(CCC(=O)Nc1cccc(C#N)c1)C1CCS(=O)(=O)C1. The molecule has 0 spiro atoms. The van der Waals surface area contributed by atoms with E-state index in [9.17, 15) is 18.0 Å². The summed E-state index contributed by atoms with van der Waals surface area (Å²) in [6, 6.07) is 8.16. The van der Waals surface area contributed by atoms with Gasteiger partial charge in [0.05, 0.1) is 23.1 Å². The van der Waals surface area contributed by atoms with Crippen molar-refractivity contribution < 1.29 is 18.0 Å². The van der Waals surface area contributed by atoms with Crippen LogP contribution < -0.4 is 5.32 Å². The number of nitrogens with one attached hydrogen (secondary N) is 1. The normalized spacial score (nSPS) is 18.6. The van der Waals surface area contributed by atoms with Crippen LogP contribution in [0.1, 0.15) is 25.3 Å². The number of hydrogen-bond acceptors (Lipinski definition) is 5. The Morgan fingerprint density at radius 1 is 1.42 bits per heavy atom. The van der Waals surface area contributed by atoms with Gasteiger partial charge in [0.25, 0.3) is 0 Å². The molecular formula is C16H19N3O4S. The van der Waals surface area contributed by atoms with Gasteiger partial charge < -0.3 is 10.2 Å². The van der Waals surface area contributed by atoms with Crippen LogP contribution >= 0.6 is 0 Å². The number of nitrogens with zero attached hydrogens (tertiary/aromatic N) is 2. The second-order valence-electron chi connectivity index (χ2n) is 5.76. The van der Waals surface area contributed by atoms with E-state index in [0.717, 1.165) is 0 Å². The first-order valence-electron chi connectivity index (χ1n) is 7.58. The third-order valence-electron chi connectivity index (χ3n) is 3.91. The molecule has 8 heteroatoms. The Labute approximate surface area is 141 Å². The average Bonchev–Trinajstić information content (AvgIpc) is 2.87. The summed E-state index contributed by atoms with van der Waals surface area (Å²) in [4.78, 5) is 25.2. The Balaban J connectivity index is 1.93. The summed E-state index contributed by atoms with van der Waals surface area (Å²) >= 11 is 0. The Morgan fingerprint density at radius 3 is 2.75 bits per heavy atom. The van der Waals surface area contributed by atoms with Gasteiger partial charge in [-0.2, -0.15) is 5.26 Å². The van der Waals surface area contributed by atoms with Crippen LogP contribution in [-0.2, 0) is 19.4 Å². The molecule has 1 unspecified atom stereocenters. The van der Waals surface area contributed by atoms with Crippen molar-refractivity contribution in [2.45, 2.75) is 25.8 Å². The second-order valence-corrected chi connectivity index (χ2v) is 7.99. The Kier molecular flexibility index (Phi) is 5.57. The highest BCUT2D eigenvalue weighted by Gasteiger charge is 2.33. The third kappa shape index (κ3) is 4.80. The fourth-order valence-electron chi connectivity index (χ4n) is 2.73. The van der Waals surface area contributed by atoms with Crippen molar-refractivity contribution >= 4 is 27.3 Å². The van der Waals surface area contributed by atoms with Crippen LogP contribution in [0.25, 0.3) is 0 Å². The molecule has 1 aromatic carbocycles. The maximum Gasteiger partial charge on any atom is 0.226 e. The van der Waals surface area contributed by atoms with E-state index in [4.69, 9.17) is 5.26 Å². The molecule has 0 radical (unpaired) electrons. The molecule has 0 aliphatic carbocycles. The molecule has 7 nitrogen and oxygen atoms in total. The smallest absolute Gasteiger partial charge is 0.226 e. The van der Waals surface area contributed by atoms with Crippen LogP contribution in [0, 0.1) is 11.3 Å². The predicted octanol–water partition coefficient (Wildman–Crippen LogP) is 0.922. The lowest BCUT2D eigenvalue weighted by molar-refractivity contribution is -0.131. The number of benzene rings is 1. The summed E-state index contributed by atoms with van der Waals surface area (Å²) in [6.45, 7) is 1.54. The van der Waals surface area contributed by atoms with Crippen LogP contribution in [0.2, 0.25) is 0 Å². The lowest BCUT2D eigenvalue weighted by Crippen LogP contribution is -2.41. The Hall–Kier alpha value is -2.40. The van der Waals surface area contributed by atoms with E-state index in [1.165, 1.54) is 11.8 Å². The fraction of sp³-hybridized carbons (Fsp3) is 0.438. The minimum Gasteiger partial charge on any atom is -0.338 e. The Bertz CT molecular complexity index is 783. The molecule has 1 aromatic rings. The van der Waals surface area contributed by atoms with Crippen molar-refractivity contribution in [3.8, 4) is 6.07 Å². The monoisotopic (exact) mass is 349 g/mol. The topological polar surface area (TPSA) is 107 Å². The summed E-state index contributed by atoms with van der Waals surface area (Å²) in [5.74, 6) is -0.499. The van der Waals surface area contributed by atoms with Crippen molar-refractivity contribution in [1.82, 2.24) is 4.90 Å². The molecule has 0 bridgehead atoms. The largest absolute Gasteiger partial charge is 0.338 e. The van der Waals surface area contributed by atoms with Gasteiger partial charge in [0, 0.05) is 31.6 Å². The van der Waals surface area contributed by atoms with Crippen molar-refractivity contribution in [2.75, 3.05) is 23.4 Å². The van der Waals surface area contributed by atoms with Crippen molar-refractivity contribution in [3.63, 3.8) is 0 Å². The number of rotatable bonds is 5. The van der Waals surface area contributed by atoms with Gasteiger partial charge >= 0.3 is 0 Å². The standard InChI is InChI=1S/C16H19N3O4S/c1-12(20)19(15-6-8-24(22,23)11-15)7-5-16(21)18-14-4-2-3-13(9-14)10-17/h2-4,9,15H,5-8,11H2,1H3,(H,18,21). The van der Waals surface area contributed by atoms with E-state index in [1.54, 1.807) is 24.3 Å². The first-order valence-corrected chi connectivity index (χ1v) is 9.40. The van der Waals surface area contributed by atoms with Crippen LogP contribution in [0.5, 0.6) is 0 Å². The van der Waals surface area contributed by atoms with Crippen molar-refractivity contribution in [3.05, 3.63) is 29.8 Å². The highest BCUT2D eigenvalue weighted by atomic mass is 32.2. The predicted molar refractivity (Wildman–Crippen MR) is 88.8 cm³/mol. The lowest BCUT2D eigenvalue weighted by atomic mass is 10.2. The molecule has 1 aliphatic heterocycles. The summed E-state index contributed by atoms with van der Waals surface area (Å²) in [5.41, 5.74) is 0.950. The minimum atomic E-state index is -3.09. The minimum absolute atomic E-state index is 0.0432. The number of carbonyl (C=O) groups is 2. The second kappa shape index (κ2) is 7.45. The zero-order chi connectivity index (χ0) is 17.7. The van der Waals surface area contributed by atoms with Gasteiger partial charge in [0.15, 0.2) is 9.84 Å². The Morgan fingerprint density at radius 2 is 2.17 bits per heavy atom. The van der Waals surface area contributed by atoms with Crippen LogP contribution in [0.15, 0.2) is 24.3 Å². The maximum atomic E-state index is 12.0. The molecule has 2 rings (SSSR count). The molecule has 1 aliphatic rings. The van der Waals surface area contributed by atoms with Crippen molar-refractivity contribution in [2.24, 2.45) is 0 Å². The quantitative estimate of drug-likeness (QED) is 0.850. The van der Waals surface area contributed by atoms with Gasteiger partial charge in [0.1, 0.15) is 0 Å². The van der Waals surface area contributed by atoms with Gasteiger partial charge in [-0.1, -0.05) is 6.07 Å². The molecule has 0 aromatic heterocycles. The van der Waals surface area contributed by atoms with E-state index < -0.39 is 9.84 Å². The van der Waals surface area contributed by atoms with E-state index in [1.807, 2.05) is 6.07 Å². The molecule has 0 saturated carbocycles. The molecule has 1 saturated heterocycles. The van der Waals surface area contributed by atoms with E-state index in [2.05, 4.69) is 5.32 Å². The van der Waals surface area contributed by atoms with E-state index in [0.29, 0.717) is 17.7 Å². The maximum absolute atomic E-state index is 12.0. The first kappa shape index (κ1) is 17.9. The zero-order valence-electron chi connectivity index (χ0n) is 13.4. The molecule has 1 N–H and O–H groups in total. The third-order valence-corrected chi connectivity index (χ3v) is 5.66. The first-order chi connectivity index (χ1) is 11.3. The highest BCUT2D eigenvalue weighted by molar-refractivity contribution is 7.91. The molecular weight excluding hydrogens is 330 g/mol. The number of amides is 2. The summed E-state index contributed by atoms with van der Waals surface area (Å²) in [7, 11) is -3.09. The van der Waals surface area contributed by atoms with E-state index in [-0.39, 0.29) is 42.3 Å². The molecule has 1 fully saturated rings. The number of sulfone groups is 1. The van der Waals surface area contributed by atoms with Gasteiger partial charge in [-0.3, -0.25) is 9.59 Å². The molecule has 2 amide bonds. The van der Waals surface area contributed by atoms with Crippen LogP contribution in [0.4, 0.5) is 5.69 Å². The molecule has 1 atom stereocenters. The van der Waals surface area contributed by atoms with Crippen LogP contribution in [-0.4, -0.2) is 49.2 Å².